The molecule has 0 radical (unpaired) electrons. The molecule has 0 bridgehead atoms. The minimum Gasteiger partial charge on any atom is -0.494 e. The van der Waals surface area contributed by atoms with E-state index in [1.165, 1.54) is 5.56 Å². The van der Waals surface area contributed by atoms with Gasteiger partial charge in [-0.1, -0.05) is 30.3 Å². The predicted molar refractivity (Wildman–Crippen MR) is 109 cm³/mol. The molecule has 5 heteroatoms. The number of likely N-dealkylation sites (tertiary alicyclic amines) is 1. The topological polar surface area (TPSA) is 59.0 Å². The highest BCUT2D eigenvalue weighted by molar-refractivity contribution is 5.70. The number of aryl methyl sites for hydroxylation is 1. The van der Waals surface area contributed by atoms with Gasteiger partial charge in [0.05, 0.1) is 12.5 Å². The van der Waals surface area contributed by atoms with E-state index in [9.17, 15) is 4.79 Å². The summed E-state index contributed by atoms with van der Waals surface area (Å²) in [6.45, 7) is 3.78. The lowest BCUT2D eigenvalue weighted by atomic mass is 9.97. The number of hydrogen-bond donors (Lipinski definition) is 1. The monoisotopic (exact) mass is 383 g/mol. The third-order valence-electron chi connectivity index (χ3n) is 5.16. The van der Waals surface area contributed by atoms with Crippen LogP contribution in [-0.2, 0) is 11.2 Å². The second-order valence-corrected chi connectivity index (χ2v) is 7.21. The number of carboxylic acids is 1. The molecule has 0 saturated carbocycles. The van der Waals surface area contributed by atoms with Gasteiger partial charge in [0.2, 0.25) is 0 Å². The minimum absolute atomic E-state index is 0.183. The van der Waals surface area contributed by atoms with E-state index in [0.717, 1.165) is 56.8 Å². The Morgan fingerprint density at radius 1 is 0.929 bits per heavy atom. The Balaban J connectivity index is 1.29. The van der Waals surface area contributed by atoms with E-state index in [4.69, 9.17) is 14.6 Å². The summed E-state index contributed by atoms with van der Waals surface area (Å²) in [6, 6.07) is 18.2. The summed E-state index contributed by atoms with van der Waals surface area (Å²) in [7, 11) is 0. The van der Waals surface area contributed by atoms with Gasteiger partial charge < -0.3 is 14.6 Å². The van der Waals surface area contributed by atoms with Gasteiger partial charge in [-0.15, -0.1) is 0 Å². The number of rotatable bonds is 10. The Morgan fingerprint density at radius 3 is 2.14 bits per heavy atom. The molecule has 150 valence electrons. The van der Waals surface area contributed by atoms with Crippen LogP contribution in [0.15, 0.2) is 54.6 Å². The van der Waals surface area contributed by atoms with Gasteiger partial charge in [-0.05, 0) is 68.6 Å². The SMILES string of the molecule is O=C(O)C1CCN(CCOc2ccc(OCCCc3ccccc3)cc2)CC1. The molecule has 1 N–H and O–H groups in total. The van der Waals surface area contributed by atoms with Gasteiger partial charge in [0.1, 0.15) is 18.1 Å². The first-order valence-electron chi connectivity index (χ1n) is 10.1. The Morgan fingerprint density at radius 2 is 1.54 bits per heavy atom. The minimum atomic E-state index is -0.668. The molecule has 2 aromatic rings. The van der Waals surface area contributed by atoms with Crippen LogP contribution in [0, 0.1) is 5.92 Å². The first-order chi connectivity index (χ1) is 13.7. The van der Waals surface area contributed by atoms with E-state index in [-0.39, 0.29) is 5.92 Å². The Kier molecular flexibility index (Phi) is 7.73. The van der Waals surface area contributed by atoms with Gasteiger partial charge in [-0.25, -0.2) is 0 Å². The van der Waals surface area contributed by atoms with Crippen LogP contribution in [0.25, 0.3) is 0 Å². The van der Waals surface area contributed by atoms with Gasteiger partial charge in [0.25, 0.3) is 0 Å². The number of carboxylic acid groups (broad SMARTS) is 1. The summed E-state index contributed by atoms with van der Waals surface area (Å²) in [4.78, 5) is 13.2. The molecule has 1 aliphatic rings. The smallest absolute Gasteiger partial charge is 0.306 e. The number of ether oxygens (including phenoxy) is 2. The van der Waals surface area contributed by atoms with Crippen LogP contribution in [0.2, 0.25) is 0 Å². The Hall–Kier alpha value is -2.53. The third kappa shape index (κ3) is 6.57. The number of piperidine rings is 1. The molecular formula is C23H29NO4. The second-order valence-electron chi connectivity index (χ2n) is 7.21. The molecule has 1 fully saturated rings. The zero-order valence-electron chi connectivity index (χ0n) is 16.3. The molecule has 1 aliphatic heterocycles. The van der Waals surface area contributed by atoms with Crippen molar-refractivity contribution in [2.75, 3.05) is 32.8 Å². The highest BCUT2D eigenvalue weighted by Crippen LogP contribution is 2.19. The van der Waals surface area contributed by atoms with Gasteiger partial charge in [0, 0.05) is 6.54 Å². The average Bonchev–Trinajstić information content (AvgIpc) is 2.73. The molecule has 0 aliphatic carbocycles. The van der Waals surface area contributed by atoms with Crippen molar-refractivity contribution < 1.29 is 19.4 Å². The number of carbonyl (C=O) groups is 1. The number of benzene rings is 2. The molecule has 0 aromatic heterocycles. The number of nitrogens with zero attached hydrogens (tertiary/aromatic N) is 1. The van der Waals surface area contributed by atoms with Gasteiger partial charge in [0.15, 0.2) is 0 Å². The molecule has 1 saturated heterocycles. The second kappa shape index (κ2) is 10.7. The van der Waals surface area contributed by atoms with E-state index in [1.807, 2.05) is 30.3 Å². The predicted octanol–water partition coefficient (Wildman–Crippen LogP) is 3.87. The molecule has 0 spiro atoms. The standard InChI is InChI=1S/C23H29NO4/c25-23(26)20-12-14-24(15-13-20)16-18-28-22-10-8-21(9-11-22)27-17-4-7-19-5-2-1-3-6-19/h1-3,5-6,8-11,20H,4,7,12-18H2,(H,25,26). The highest BCUT2D eigenvalue weighted by atomic mass is 16.5. The van der Waals surface area contributed by atoms with Crippen LogP contribution in [0.4, 0.5) is 0 Å². The maximum absolute atomic E-state index is 11.0. The van der Waals surface area contributed by atoms with E-state index in [1.54, 1.807) is 0 Å². The van der Waals surface area contributed by atoms with Crippen LogP contribution in [-0.4, -0.2) is 48.8 Å². The van der Waals surface area contributed by atoms with Crippen molar-refractivity contribution in [1.82, 2.24) is 4.90 Å². The lowest BCUT2D eigenvalue weighted by Gasteiger charge is -2.29. The van der Waals surface area contributed by atoms with Crippen molar-refractivity contribution in [3.63, 3.8) is 0 Å². The molecule has 5 nitrogen and oxygen atoms in total. The number of hydrogen-bond acceptors (Lipinski definition) is 4. The van der Waals surface area contributed by atoms with Crippen molar-refractivity contribution in [3.05, 3.63) is 60.2 Å². The largest absolute Gasteiger partial charge is 0.494 e. The fourth-order valence-electron chi connectivity index (χ4n) is 3.44. The summed E-state index contributed by atoms with van der Waals surface area (Å²) in [5, 5.41) is 9.04. The van der Waals surface area contributed by atoms with Gasteiger partial charge >= 0.3 is 5.97 Å². The zero-order chi connectivity index (χ0) is 19.6. The van der Waals surface area contributed by atoms with Crippen LogP contribution in [0.3, 0.4) is 0 Å². The summed E-state index contributed by atoms with van der Waals surface area (Å²) in [5.74, 6) is 0.837. The third-order valence-corrected chi connectivity index (χ3v) is 5.16. The fraction of sp³-hybridized carbons (Fsp3) is 0.435. The summed E-state index contributed by atoms with van der Waals surface area (Å²) in [6.07, 6.45) is 3.46. The Labute approximate surface area is 166 Å². The highest BCUT2D eigenvalue weighted by Gasteiger charge is 2.24. The number of aliphatic carboxylic acids is 1. The van der Waals surface area contributed by atoms with Gasteiger partial charge in [-0.3, -0.25) is 9.69 Å². The van der Waals surface area contributed by atoms with Crippen molar-refractivity contribution >= 4 is 5.97 Å². The lowest BCUT2D eigenvalue weighted by Crippen LogP contribution is -2.38. The van der Waals surface area contributed by atoms with E-state index in [2.05, 4.69) is 29.2 Å². The fourth-order valence-corrected chi connectivity index (χ4v) is 3.44. The summed E-state index contributed by atoms with van der Waals surface area (Å²) < 4.78 is 11.6. The van der Waals surface area contributed by atoms with E-state index < -0.39 is 5.97 Å². The first kappa shape index (κ1) is 20.2. The summed E-state index contributed by atoms with van der Waals surface area (Å²) >= 11 is 0. The molecule has 0 atom stereocenters. The molecule has 3 rings (SSSR count). The Bertz CT molecular complexity index is 709. The van der Waals surface area contributed by atoms with Crippen molar-refractivity contribution in [3.8, 4) is 11.5 Å². The van der Waals surface area contributed by atoms with E-state index in [0.29, 0.717) is 13.2 Å². The zero-order valence-corrected chi connectivity index (χ0v) is 16.3. The first-order valence-corrected chi connectivity index (χ1v) is 10.1. The van der Waals surface area contributed by atoms with Crippen molar-refractivity contribution in [1.29, 1.82) is 0 Å². The van der Waals surface area contributed by atoms with E-state index >= 15 is 0 Å². The van der Waals surface area contributed by atoms with Crippen LogP contribution in [0.1, 0.15) is 24.8 Å². The molecule has 0 unspecified atom stereocenters. The van der Waals surface area contributed by atoms with Crippen LogP contribution in [0.5, 0.6) is 11.5 Å². The van der Waals surface area contributed by atoms with Gasteiger partial charge in [-0.2, -0.15) is 0 Å². The molecule has 1 heterocycles. The lowest BCUT2D eigenvalue weighted by molar-refractivity contribution is -0.143. The molecule has 2 aromatic carbocycles. The van der Waals surface area contributed by atoms with Crippen molar-refractivity contribution in [2.45, 2.75) is 25.7 Å². The van der Waals surface area contributed by atoms with Crippen LogP contribution >= 0.6 is 0 Å². The molecular weight excluding hydrogens is 354 g/mol. The average molecular weight is 383 g/mol. The maximum Gasteiger partial charge on any atom is 0.306 e. The van der Waals surface area contributed by atoms with Crippen LogP contribution < -0.4 is 9.47 Å². The van der Waals surface area contributed by atoms with Crippen molar-refractivity contribution in [2.24, 2.45) is 5.92 Å². The normalized spacial score (nSPS) is 15.3. The maximum atomic E-state index is 11.0. The summed E-state index contributed by atoms with van der Waals surface area (Å²) in [5.41, 5.74) is 1.34. The molecule has 0 amide bonds. The quantitative estimate of drug-likeness (QED) is 0.631. The molecule has 28 heavy (non-hydrogen) atoms.